The normalized spacial score (nSPS) is 13.8. The quantitative estimate of drug-likeness (QED) is 0.344. The number of carbonyl (C=O) groups is 1. The maximum atomic E-state index is 12.6. The fraction of sp³-hybridized carbons (Fsp3) is 0.476. The lowest BCUT2D eigenvalue weighted by Crippen LogP contribution is -2.41. The first-order valence-corrected chi connectivity index (χ1v) is 11.3. The second-order valence-electron chi connectivity index (χ2n) is 7.81. The number of carbonyl (C=O) groups excluding carboxylic acids is 1. The molecule has 1 aromatic heterocycles. The lowest BCUT2D eigenvalue weighted by Gasteiger charge is -2.24. The van der Waals surface area contributed by atoms with Gasteiger partial charge in [0, 0.05) is 24.7 Å². The van der Waals surface area contributed by atoms with E-state index in [1.807, 2.05) is 48.0 Å². The van der Waals surface area contributed by atoms with Gasteiger partial charge in [0.2, 0.25) is 0 Å². The van der Waals surface area contributed by atoms with Crippen molar-refractivity contribution in [1.82, 2.24) is 4.57 Å². The molecule has 0 saturated carbocycles. The highest BCUT2D eigenvalue weighted by Gasteiger charge is 2.25. The summed E-state index contributed by atoms with van der Waals surface area (Å²) in [6.07, 6.45) is 3.04. The third-order valence-electron chi connectivity index (χ3n) is 5.05. The minimum atomic E-state index is -4.55. The van der Waals surface area contributed by atoms with Crippen LogP contribution in [-0.2, 0) is 29.0 Å². The van der Waals surface area contributed by atoms with Gasteiger partial charge in [-0.05, 0) is 62.4 Å². The molecule has 0 fully saturated rings. The van der Waals surface area contributed by atoms with Gasteiger partial charge < -0.3 is 24.8 Å². The second kappa shape index (κ2) is 10.4. The summed E-state index contributed by atoms with van der Waals surface area (Å²) >= 11 is 0. The number of ether oxygens (including phenoxy) is 1. The molecule has 30 heavy (non-hydrogen) atoms. The number of nitrogens with zero attached hydrogens (tertiary/aromatic N) is 1. The van der Waals surface area contributed by atoms with E-state index in [1.165, 1.54) is 0 Å². The van der Waals surface area contributed by atoms with Crippen LogP contribution in [0.3, 0.4) is 0 Å². The molecule has 2 aromatic rings. The van der Waals surface area contributed by atoms with Crippen LogP contribution < -0.4 is 10.5 Å². The number of methoxy groups -OCH3 is 1. The number of Topliss-reactive ketones (excluding diaryl/α,β-unsaturated/α-hetero) is 1. The Kier molecular flexibility index (Phi) is 8.41. The van der Waals surface area contributed by atoms with Gasteiger partial charge in [0.15, 0.2) is 5.78 Å². The average Bonchev–Trinajstić information content (AvgIpc) is 3.05. The first kappa shape index (κ1) is 24.3. The summed E-state index contributed by atoms with van der Waals surface area (Å²) in [7, 11) is -1.08. The SMILES string of the molecule is COc1ccc(CCCC(=O)c2ccc(CCC(C)(N)COP(=O)(O)O)n2C)cc1. The Morgan fingerprint density at radius 1 is 1.17 bits per heavy atom. The maximum Gasteiger partial charge on any atom is 0.469 e. The third-order valence-corrected chi connectivity index (χ3v) is 5.52. The molecule has 0 spiro atoms. The summed E-state index contributed by atoms with van der Waals surface area (Å²) in [4.78, 5) is 30.3. The van der Waals surface area contributed by atoms with Gasteiger partial charge in [-0.2, -0.15) is 0 Å². The van der Waals surface area contributed by atoms with Crippen molar-refractivity contribution in [3.05, 3.63) is 53.3 Å². The molecule has 0 saturated heterocycles. The minimum Gasteiger partial charge on any atom is -0.497 e. The number of rotatable bonds is 12. The van der Waals surface area contributed by atoms with Crippen molar-refractivity contribution in [3.8, 4) is 5.75 Å². The fourth-order valence-corrected chi connectivity index (χ4v) is 3.64. The Balaban J connectivity index is 1.85. The van der Waals surface area contributed by atoms with E-state index < -0.39 is 13.4 Å². The number of hydrogen-bond acceptors (Lipinski definition) is 5. The first-order valence-electron chi connectivity index (χ1n) is 9.80. The maximum absolute atomic E-state index is 12.6. The third kappa shape index (κ3) is 7.70. The number of nitrogens with two attached hydrogens (primary N) is 1. The Morgan fingerprint density at radius 3 is 2.43 bits per heavy atom. The molecule has 0 bridgehead atoms. The Labute approximate surface area is 177 Å². The molecule has 0 aliphatic carbocycles. The van der Waals surface area contributed by atoms with Gasteiger partial charge in [-0.3, -0.25) is 9.32 Å². The molecule has 1 atom stereocenters. The topological polar surface area (TPSA) is 124 Å². The zero-order valence-corrected chi connectivity index (χ0v) is 18.6. The summed E-state index contributed by atoms with van der Waals surface area (Å²) < 4.78 is 22.4. The zero-order chi connectivity index (χ0) is 22.4. The van der Waals surface area contributed by atoms with Crippen molar-refractivity contribution in [3.63, 3.8) is 0 Å². The molecule has 1 heterocycles. The van der Waals surface area contributed by atoms with Crippen molar-refractivity contribution < 1.29 is 28.4 Å². The molecule has 0 radical (unpaired) electrons. The van der Waals surface area contributed by atoms with Crippen LogP contribution in [0.4, 0.5) is 0 Å². The minimum absolute atomic E-state index is 0.0811. The van der Waals surface area contributed by atoms with Crippen LogP contribution in [0.1, 0.15) is 47.9 Å². The Hall–Kier alpha value is -1.96. The summed E-state index contributed by atoms with van der Waals surface area (Å²) in [5.41, 5.74) is 7.92. The molecule has 0 amide bonds. The fourth-order valence-electron chi connectivity index (χ4n) is 3.18. The van der Waals surface area contributed by atoms with Crippen molar-refractivity contribution in [2.75, 3.05) is 13.7 Å². The van der Waals surface area contributed by atoms with E-state index >= 15 is 0 Å². The smallest absolute Gasteiger partial charge is 0.469 e. The van der Waals surface area contributed by atoms with Gasteiger partial charge >= 0.3 is 7.82 Å². The van der Waals surface area contributed by atoms with Crippen LogP contribution in [-0.4, -0.2) is 39.4 Å². The number of benzene rings is 1. The first-order chi connectivity index (χ1) is 14.0. The predicted octanol–water partition coefficient (Wildman–Crippen LogP) is 3.00. The van der Waals surface area contributed by atoms with Gasteiger partial charge in [-0.1, -0.05) is 12.1 Å². The van der Waals surface area contributed by atoms with Crippen molar-refractivity contribution in [1.29, 1.82) is 0 Å². The van der Waals surface area contributed by atoms with E-state index in [4.69, 9.17) is 20.3 Å². The molecule has 8 nitrogen and oxygen atoms in total. The number of phosphoric ester groups is 1. The highest BCUT2D eigenvalue weighted by Crippen LogP contribution is 2.36. The number of aromatic nitrogens is 1. The Bertz CT molecular complexity index is 885. The number of hydrogen-bond donors (Lipinski definition) is 3. The lowest BCUT2D eigenvalue weighted by molar-refractivity contribution is 0.0971. The summed E-state index contributed by atoms with van der Waals surface area (Å²) in [5, 5.41) is 0. The Morgan fingerprint density at radius 2 is 1.83 bits per heavy atom. The molecule has 1 unspecified atom stereocenters. The van der Waals surface area contributed by atoms with Crippen LogP contribution in [0.25, 0.3) is 0 Å². The molecule has 2 rings (SSSR count). The second-order valence-corrected chi connectivity index (χ2v) is 9.05. The van der Waals surface area contributed by atoms with Crippen LogP contribution in [0.15, 0.2) is 36.4 Å². The molecular weight excluding hydrogens is 407 g/mol. The van der Waals surface area contributed by atoms with Crippen LogP contribution in [0.2, 0.25) is 0 Å². The molecule has 1 aromatic carbocycles. The van der Waals surface area contributed by atoms with E-state index in [-0.39, 0.29) is 12.4 Å². The van der Waals surface area contributed by atoms with E-state index in [9.17, 15) is 9.36 Å². The molecule has 0 aliphatic heterocycles. The highest BCUT2D eigenvalue weighted by molar-refractivity contribution is 7.46. The van der Waals surface area contributed by atoms with Crippen LogP contribution in [0, 0.1) is 0 Å². The van der Waals surface area contributed by atoms with E-state index in [0.717, 1.165) is 29.8 Å². The molecule has 9 heteroatoms. The molecule has 166 valence electrons. The average molecular weight is 438 g/mol. The predicted molar refractivity (Wildman–Crippen MR) is 115 cm³/mol. The van der Waals surface area contributed by atoms with Crippen LogP contribution >= 0.6 is 7.82 Å². The van der Waals surface area contributed by atoms with Gasteiger partial charge in [0.25, 0.3) is 0 Å². The van der Waals surface area contributed by atoms with Crippen molar-refractivity contribution in [2.45, 2.75) is 44.6 Å². The molecular formula is C21H31N2O6P. The van der Waals surface area contributed by atoms with Crippen molar-refractivity contribution >= 4 is 13.6 Å². The largest absolute Gasteiger partial charge is 0.497 e. The van der Waals surface area contributed by atoms with Crippen LogP contribution in [0.5, 0.6) is 5.75 Å². The highest BCUT2D eigenvalue weighted by atomic mass is 31.2. The lowest BCUT2D eigenvalue weighted by atomic mass is 9.97. The van der Waals surface area contributed by atoms with E-state index in [0.29, 0.717) is 25.0 Å². The zero-order valence-electron chi connectivity index (χ0n) is 17.7. The van der Waals surface area contributed by atoms with E-state index in [2.05, 4.69) is 4.52 Å². The van der Waals surface area contributed by atoms with Gasteiger partial charge in [0.1, 0.15) is 5.75 Å². The number of aryl methyl sites for hydroxylation is 2. The standard InChI is InChI=1S/C21H31N2O6P/c1-21(22,15-29-30(25,26)27)14-13-17-9-12-19(23(17)2)20(24)6-4-5-16-7-10-18(28-3)11-8-16/h7-12H,4-6,13-15,22H2,1-3H3,(H2,25,26,27). The summed E-state index contributed by atoms with van der Waals surface area (Å²) in [6, 6.07) is 11.5. The van der Waals surface area contributed by atoms with Gasteiger partial charge in [-0.25, -0.2) is 4.57 Å². The van der Waals surface area contributed by atoms with Crippen molar-refractivity contribution in [2.24, 2.45) is 12.8 Å². The van der Waals surface area contributed by atoms with Gasteiger partial charge in [0.05, 0.1) is 19.4 Å². The monoisotopic (exact) mass is 438 g/mol. The molecule has 4 N–H and O–H groups in total. The van der Waals surface area contributed by atoms with Gasteiger partial charge in [-0.15, -0.1) is 0 Å². The summed E-state index contributed by atoms with van der Waals surface area (Å²) in [5.74, 6) is 0.894. The van der Waals surface area contributed by atoms with E-state index in [1.54, 1.807) is 14.0 Å². The summed E-state index contributed by atoms with van der Waals surface area (Å²) in [6.45, 7) is 1.43. The molecule has 0 aliphatic rings. The number of ketones is 1. The number of phosphoric acid groups is 1.